The van der Waals surface area contributed by atoms with Crippen molar-refractivity contribution in [3.05, 3.63) is 29.8 Å². The molecule has 0 saturated carbocycles. The Labute approximate surface area is 126 Å². The van der Waals surface area contributed by atoms with Crippen LogP contribution in [0.3, 0.4) is 0 Å². The average Bonchev–Trinajstić information content (AvgIpc) is 2.45. The van der Waals surface area contributed by atoms with Gasteiger partial charge in [0.1, 0.15) is 11.3 Å². The van der Waals surface area contributed by atoms with Crippen molar-refractivity contribution in [3.8, 4) is 11.8 Å². The molecule has 0 aromatic heterocycles. The van der Waals surface area contributed by atoms with E-state index < -0.39 is 5.54 Å². The minimum absolute atomic E-state index is 0.0189. The number of carbonyl (C=O) groups is 1. The molecule has 0 bridgehead atoms. The van der Waals surface area contributed by atoms with Gasteiger partial charge >= 0.3 is 0 Å². The molecule has 0 heterocycles. The molecule has 2 N–H and O–H groups in total. The van der Waals surface area contributed by atoms with Gasteiger partial charge in [-0.15, -0.1) is 0 Å². The number of rotatable bonds is 7. The molecule has 21 heavy (non-hydrogen) atoms. The number of hydrogen-bond acceptors (Lipinski definition) is 4. The highest BCUT2D eigenvalue weighted by atomic mass is 16.5. The fraction of sp³-hybridized carbons (Fsp3) is 0.500. The number of ether oxygens (including phenoxy) is 1. The minimum atomic E-state index is -0.881. The lowest BCUT2D eigenvalue weighted by atomic mass is 9.90. The molecular formula is C16H23N3O2. The topological polar surface area (TPSA) is 74.2 Å². The maximum atomic E-state index is 11.9. The van der Waals surface area contributed by atoms with Crippen LogP contribution in [0.15, 0.2) is 24.3 Å². The van der Waals surface area contributed by atoms with Crippen LogP contribution in [0.4, 0.5) is 0 Å². The van der Waals surface area contributed by atoms with Gasteiger partial charge in [-0.3, -0.25) is 4.79 Å². The first-order chi connectivity index (χ1) is 9.91. The van der Waals surface area contributed by atoms with Crippen LogP contribution in [-0.2, 0) is 11.3 Å². The van der Waals surface area contributed by atoms with Crippen LogP contribution in [0, 0.1) is 17.2 Å². The predicted octanol–water partition coefficient (Wildman–Crippen LogP) is 1.84. The molecular weight excluding hydrogens is 266 g/mol. The highest BCUT2D eigenvalue weighted by Crippen LogP contribution is 2.16. The van der Waals surface area contributed by atoms with Crippen molar-refractivity contribution in [1.82, 2.24) is 10.6 Å². The second kappa shape index (κ2) is 7.65. The third-order valence-corrected chi connectivity index (χ3v) is 3.44. The summed E-state index contributed by atoms with van der Waals surface area (Å²) in [7, 11) is 1.87. The van der Waals surface area contributed by atoms with E-state index in [1.807, 2.05) is 39.1 Å². The van der Waals surface area contributed by atoms with Gasteiger partial charge in [-0.25, -0.2) is 0 Å². The molecule has 0 aliphatic rings. The summed E-state index contributed by atoms with van der Waals surface area (Å²) < 4.78 is 5.48. The molecule has 0 aliphatic carbocycles. The van der Waals surface area contributed by atoms with Gasteiger partial charge in [0.05, 0.1) is 6.07 Å². The van der Waals surface area contributed by atoms with E-state index in [2.05, 4.69) is 16.7 Å². The summed E-state index contributed by atoms with van der Waals surface area (Å²) in [6.07, 6.45) is 0. The largest absolute Gasteiger partial charge is 0.484 e. The normalized spacial score (nSPS) is 13.3. The van der Waals surface area contributed by atoms with Gasteiger partial charge in [0, 0.05) is 6.54 Å². The zero-order valence-corrected chi connectivity index (χ0v) is 13.1. The van der Waals surface area contributed by atoms with E-state index >= 15 is 0 Å². The van der Waals surface area contributed by atoms with Gasteiger partial charge in [0.25, 0.3) is 5.91 Å². The first-order valence-electron chi connectivity index (χ1n) is 7.00. The zero-order chi connectivity index (χ0) is 15.9. The second-order valence-electron chi connectivity index (χ2n) is 5.48. The fourth-order valence-corrected chi connectivity index (χ4v) is 1.73. The van der Waals surface area contributed by atoms with Crippen LogP contribution in [0.25, 0.3) is 0 Å². The number of carbonyl (C=O) groups excluding carboxylic acids is 1. The molecule has 1 aromatic rings. The molecule has 0 spiro atoms. The second-order valence-corrected chi connectivity index (χ2v) is 5.48. The summed E-state index contributed by atoms with van der Waals surface area (Å²) in [5.41, 5.74) is 0.202. The summed E-state index contributed by atoms with van der Waals surface area (Å²) in [6.45, 7) is 6.14. The van der Waals surface area contributed by atoms with E-state index in [0.29, 0.717) is 5.75 Å². The number of benzene rings is 1. The van der Waals surface area contributed by atoms with Crippen LogP contribution >= 0.6 is 0 Å². The van der Waals surface area contributed by atoms with E-state index in [-0.39, 0.29) is 18.4 Å². The third kappa shape index (κ3) is 5.09. The summed E-state index contributed by atoms with van der Waals surface area (Å²) in [5.74, 6) is 0.360. The van der Waals surface area contributed by atoms with Crippen LogP contribution in [0.2, 0.25) is 0 Å². The maximum Gasteiger partial charge on any atom is 0.259 e. The SMILES string of the molecule is CNCc1cccc(OCC(=O)NC(C)(C#N)C(C)C)c1. The molecule has 5 nitrogen and oxygen atoms in total. The van der Waals surface area contributed by atoms with Crippen LogP contribution in [0.5, 0.6) is 5.75 Å². The molecule has 1 rings (SSSR count). The molecule has 5 heteroatoms. The first kappa shape index (κ1) is 17.0. The molecule has 0 radical (unpaired) electrons. The van der Waals surface area contributed by atoms with E-state index in [9.17, 15) is 10.1 Å². The van der Waals surface area contributed by atoms with Crippen LogP contribution in [-0.4, -0.2) is 25.1 Å². The smallest absolute Gasteiger partial charge is 0.259 e. The third-order valence-electron chi connectivity index (χ3n) is 3.44. The zero-order valence-electron chi connectivity index (χ0n) is 13.1. The standard InChI is InChI=1S/C16H23N3O2/c1-12(2)16(3,11-17)19-15(20)10-21-14-7-5-6-13(8-14)9-18-4/h5-8,12,18H,9-10H2,1-4H3,(H,19,20). The van der Waals surface area contributed by atoms with Crippen molar-refractivity contribution in [2.75, 3.05) is 13.7 Å². The molecule has 1 aromatic carbocycles. The lowest BCUT2D eigenvalue weighted by molar-refractivity contribution is -0.124. The van der Waals surface area contributed by atoms with Gasteiger partial charge in [-0.2, -0.15) is 5.26 Å². The molecule has 0 saturated heterocycles. The highest BCUT2D eigenvalue weighted by Gasteiger charge is 2.29. The van der Waals surface area contributed by atoms with E-state index in [1.165, 1.54) is 0 Å². The quantitative estimate of drug-likeness (QED) is 0.803. The van der Waals surface area contributed by atoms with Gasteiger partial charge in [-0.05, 0) is 37.6 Å². The van der Waals surface area contributed by atoms with Crippen LogP contribution < -0.4 is 15.4 Å². The van der Waals surface area contributed by atoms with Gasteiger partial charge < -0.3 is 15.4 Å². The van der Waals surface area contributed by atoms with E-state index in [1.54, 1.807) is 13.0 Å². The lowest BCUT2D eigenvalue weighted by Gasteiger charge is -2.27. The Kier molecular flexibility index (Phi) is 6.19. The molecule has 0 aliphatic heterocycles. The fourth-order valence-electron chi connectivity index (χ4n) is 1.73. The number of hydrogen-bond donors (Lipinski definition) is 2. The highest BCUT2D eigenvalue weighted by molar-refractivity contribution is 5.78. The molecule has 0 fully saturated rings. The average molecular weight is 289 g/mol. The minimum Gasteiger partial charge on any atom is -0.484 e. The number of nitrogens with zero attached hydrogens (tertiary/aromatic N) is 1. The van der Waals surface area contributed by atoms with Crippen molar-refractivity contribution >= 4 is 5.91 Å². The van der Waals surface area contributed by atoms with Crippen molar-refractivity contribution in [2.45, 2.75) is 32.9 Å². The number of amides is 1. The van der Waals surface area contributed by atoms with Gasteiger partial charge in [0.15, 0.2) is 6.61 Å². The summed E-state index contributed by atoms with van der Waals surface area (Å²) >= 11 is 0. The monoisotopic (exact) mass is 289 g/mol. The van der Waals surface area contributed by atoms with Gasteiger partial charge in [-0.1, -0.05) is 26.0 Å². The first-order valence-corrected chi connectivity index (χ1v) is 7.00. The van der Waals surface area contributed by atoms with Crippen molar-refractivity contribution in [1.29, 1.82) is 5.26 Å². The van der Waals surface area contributed by atoms with Crippen molar-refractivity contribution < 1.29 is 9.53 Å². The Morgan fingerprint density at radius 1 is 1.48 bits per heavy atom. The summed E-state index contributed by atoms with van der Waals surface area (Å²) in [5, 5.41) is 14.9. The maximum absolute atomic E-state index is 11.9. The van der Waals surface area contributed by atoms with E-state index in [0.717, 1.165) is 12.1 Å². The number of nitrogens with one attached hydrogen (secondary N) is 2. The van der Waals surface area contributed by atoms with Gasteiger partial charge in [0.2, 0.25) is 0 Å². The van der Waals surface area contributed by atoms with E-state index in [4.69, 9.17) is 4.74 Å². The molecule has 114 valence electrons. The Bertz CT molecular complexity index is 522. The Balaban J connectivity index is 2.57. The molecule has 1 amide bonds. The number of nitriles is 1. The van der Waals surface area contributed by atoms with Crippen molar-refractivity contribution in [3.63, 3.8) is 0 Å². The Hall–Kier alpha value is -2.06. The predicted molar refractivity (Wildman–Crippen MR) is 81.7 cm³/mol. The molecule has 1 atom stereocenters. The van der Waals surface area contributed by atoms with Crippen molar-refractivity contribution in [2.24, 2.45) is 5.92 Å². The summed E-state index contributed by atoms with van der Waals surface area (Å²) in [4.78, 5) is 11.9. The molecule has 1 unspecified atom stereocenters. The Morgan fingerprint density at radius 2 is 2.19 bits per heavy atom. The summed E-state index contributed by atoms with van der Waals surface area (Å²) in [6, 6.07) is 9.69. The van der Waals surface area contributed by atoms with Crippen LogP contribution in [0.1, 0.15) is 26.3 Å². The lowest BCUT2D eigenvalue weighted by Crippen LogP contribution is -2.50. The Morgan fingerprint density at radius 3 is 2.76 bits per heavy atom.